The van der Waals surface area contributed by atoms with Crippen LogP contribution in [0.4, 0.5) is 5.95 Å². The maximum Gasteiger partial charge on any atom is 0.243 e. The van der Waals surface area contributed by atoms with Crippen LogP contribution in [0.5, 0.6) is 0 Å². The molecule has 0 saturated carbocycles. The van der Waals surface area contributed by atoms with E-state index in [2.05, 4.69) is 10.3 Å². The van der Waals surface area contributed by atoms with E-state index < -0.39 is 6.04 Å². The van der Waals surface area contributed by atoms with Crippen molar-refractivity contribution >= 4 is 11.9 Å². The predicted molar refractivity (Wildman–Crippen MR) is 45.5 cm³/mol. The Morgan fingerprint density at radius 1 is 1.83 bits per heavy atom. The highest BCUT2D eigenvalue weighted by Crippen LogP contribution is 2.00. The van der Waals surface area contributed by atoms with E-state index >= 15 is 0 Å². The van der Waals surface area contributed by atoms with Crippen molar-refractivity contribution in [3.63, 3.8) is 0 Å². The fourth-order valence-electron chi connectivity index (χ4n) is 0.710. The largest absolute Gasteiger partial charge is 0.320 e. The van der Waals surface area contributed by atoms with E-state index in [1.165, 1.54) is 0 Å². The lowest BCUT2D eigenvalue weighted by molar-refractivity contribution is -0.117. The number of nitrogens with one attached hydrogen (secondary N) is 1. The van der Waals surface area contributed by atoms with Crippen molar-refractivity contribution in [1.29, 1.82) is 0 Å². The molecule has 0 aromatic carbocycles. The Kier molecular flexibility index (Phi) is 2.44. The molecule has 1 aromatic rings. The second kappa shape index (κ2) is 3.36. The number of carbonyl (C=O) groups excluding carboxylic acids is 1. The summed E-state index contributed by atoms with van der Waals surface area (Å²) < 4.78 is 1.71. The standard InChI is InChI=1S/C7H12N4O/c1-5(8)6(12)10-7-9-3-4-11(7)2/h3-5H,8H2,1-2H3,(H,9,10,12)/t5-/m0/s1. The van der Waals surface area contributed by atoms with Crippen LogP contribution >= 0.6 is 0 Å². The summed E-state index contributed by atoms with van der Waals surface area (Å²) in [5.74, 6) is 0.279. The maximum atomic E-state index is 11.1. The van der Waals surface area contributed by atoms with Gasteiger partial charge in [0.1, 0.15) is 0 Å². The number of rotatable bonds is 2. The van der Waals surface area contributed by atoms with Crippen LogP contribution in [0.1, 0.15) is 6.92 Å². The Morgan fingerprint density at radius 3 is 2.92 bits per heavy atom. The van der Waals surface area contributed by atoms with E-state index in [0.717, 1.165) is 0 Å². The van der Waals surface area contributed by atoms with Gasteiger partial charge in [-0.25, -0.2) is 4.98 Å². The molecule has 1 aromatic heterocycles. The van der Waals surface area contributed by atoms with Crippen LogP contribution in [0.2, 0.25) is 0 Å². The van der Waals surface area contributed by atoms with Crippen molar-refractivity contribution in [2.24, 2.45) is 12.8 Å². The second-order valence-electron chi connectivity index (χ2n) is 2.64. The zero-order valence-corrected chi connectivity index (χ0v) is 7.11. The average molecular weight is 168 g/mol. The molecule has 0 aliphatic heterocycles. The minimum atomic E-state index is -0.512. The van der Waals surface area contributed by atoms with Crippen LogP contribution in [0, 0.1) is 0 Å². The molecule has 66 valence electrons. The predicted octanol–water partition coefficient (Wildman–Crippen LogP) is -0.294. The van der Waals surface area contributed by atoms with Gasteiger partial charge in [-0.2, -0.15) is 0 Å². The molecule has 0 saturated heterocycles. The van der Waals surface area contributed by atoms with Crippen molar-refractivity contribution in [3.05, 3.63) is 12.4 Å². The molecular weight excluding hydrogens is 156 g/mol. The molecule has 1 atom stereocenters. The number of aromatic nitrogens is 2. The smallest absolute Gasteiger partial charge is 0.243 e. The third kappa shape index (κ3) is 1.82. The van der Waals surface area contributed by atoms with Gasteiger partial charge in [-0.3, -0.25) is 10.1 Å². The Bertz CT molecular complexity index is 279. The number of amides is 1. The van der Waals surface area contributed by atoms with Crippen LogP contribution < -0.4 is 11.1 Å². The Labute approximate surface area is 70.6 Å². The van der Waals surface area contributed by atoms with Crippen molar-refractivity contribution in [3.8, 4) is 0 Å². The highest BCUT2D eigenvalue weighted by Gasteiger charge is 2.09. The van der Waals surface area contributed by atoms with Gasteiger partial charge >= 0.3 is 0 Å². The zero-order valence-electron chi connectivity index (χ0n) is 7.11. The van der Waals surface area contributed by atoms with E-state index in [1.807, 2.05) is 0 Å². The van der Waals surface area contributed by atoms with E-state index in [9.17, 15) is 4.79 Å². The normalized spacial score (nSPS) is 12.6. The van der Waals surface area contributed by atoms with Crippen LogP contribution in [0.15, 0.2) is 12.4 Å². The van der Waals surface area contributed by atoms with Crippen molar-refractivity contribution in [2.75, 3.05) is 5.32 Å². The molecule has 0 bridgehead atoms. The third-order valence-electron chi connectivity index (χ3n) is 1.47. The molecule has 5 heteroatoms. The second-order valence-corrected chi connectivity index (χ2v) is 2.64. The van der Waals surface area contributed by atoms with Gasteiger partial charge in [-0.15, -0.1) is 0 Å². The minimum Gasteiger partial charge on any atom is -0.320 e. The summed E-state index contributed by atoms with van der Waals surface area (Å²) in [5, 5.41) is 2.58. The van der Waals surface area contributed by atoms with Crippen LogP contribution in [-0.4, -0.2) is 21.5 Å². The molecule has 0 fully saturated rings. The highest BCUT2D eigenvalue weighted by atomic mass is 16.2. The first-order valence-corrected chi connectivity index (χ1v) is 3.65. The fourth-order valence-corrected chi connectivity index (χ4v) is 0.710. The molecule has 0 aliphatic carbocycles. The molecule has 1 rings (SSSR count). The molecule has 3 N–H and O–H groups in total. The van der Waals surface area contributed by atoms with Crippen LogP contribution in [-0.2, 0) is 11.8 Å². The van der Waals surface area contributed by atoms with Gasteiger partial charge in [-0.1, -0.05) is 0 Å². The minimum absolute atomic E-state index is 0.232. The number of nitrogens with zero attached hydrogens (tertiary/aromatic N) is 2. The van der Waals surface area contributed by atoms with Gasteiger partial charge in [0.2, 0.25) is 11.9 Å². The SMILES string of the molecule is C[C@H](N)C(=O)Nc1nccn1C. The molecule has 0 spiro atoms. The number of carbonyl (C=O) groups is 1. The van der Waals surface area contributed by atoms with E-state index in [-0.39, 0.29) is 5.91 Å². The molecule has 5 nitrogen and oxygen atoms in total. The maximum absolute atomic E-state index is 11.1. The molecular formula is C7H12N4O. The number of imidazole rings is 1. The fraction of sp³-hybridized carbons (Fsp3) is 0.429. The zero-order chi connectivity index (χ0) is 9.14. The summed E-state index contributed by atoms with van der Waals surface area (Å²) in [7, 11) is 1.80. The highest BCUT2D eigenvalue weighted by molar-refractivity contribution is 5.92. The van der Waals surface area contributed by atoms with Gasteiger partial charge in [0.25, 0.3) is 0 Å². The Hall–Kier alpha value is -1.36. The first-order chi connectivity index (χ1) is 5.61. The van der Waals surface area contributed by atoms with Gasteiger partial charge in [-0.05, 0) is 6.92 Å². The Balaban J connectivity index is 2.64. The van der Waals surface area contributed by atoms with Gasteiger partial charge < -0.3 is 10.3 Å². The van der Waals surface area contributed by atoms with Gasteiger partial charge in [0.05, 0.1) is 6.04 Å². The first kappa shape index (κ1) is 8.73. The molecule has 0 aliphatic rings. The number of anilines is 1. The van der Waals surface area contributed by atoms with Gasteiger partial charge in [0, 0.05) is 19.4 Å². The number of hydrogen-bond donors (Lipinski definition) is 2. The summed E-state index contributed by atoms with van der Waals surface area (Å²) in [4.78, 5) is 15.0. The summed E-state index contributed by atoms with van der Waals surface area (Å²) in [6.07, 6.45) is 3.35. The third-order valence-corrected chi connectivity index (χ3v) is 1.47. The molecule has 1 amide bonds. The van der Waals surface area contributed by atoms with Crippen molar-refractivity contribution in [2.45, 2.75) is 13.0 Å². The lowest BCUT2D eigenvalue weighted by Gasteiger charge is -2.06. The van der Waals surface area contributed by atoms with Crippen molar-refractivity contribution in [1.82, 2.24) is 9.55 Å². The Morgan fingerprint density at radius 2 is 2.50 bits per heavy atom. The monoisotopic (exact) mass is 168 g/mol. The van der Waals surface area contributed by atoms with Crippen LogP contribution in [0.25, 0.3) is 0 Å². The van der Waals surface area contributed by atoms with E-state index in [0.29, 0.717) is 5.95 Å². The summed E-state index contributed by atoms with van der Waals surface area (Å²) >= 11 is 0. The van der Waals surface area contributed by atoms with E-state index in [4.69, 9.17) is 5.73 Å². The summed E-state index contributed by atoms with van der Waals surface area (Å²) in [5.41, 5.74) is 5.35. The quantitative estimate of drug-likeness (QED) is 0.637. The first-order valence-electron chi connectivity index (χ1n) is 3.65. The van der Waals surface area contributed by atoms with Gasteiger partial charge in [0.15, 0.2) is 0 Å². The van der Waals surface area contributed by atoms with Crippen molar-refractivity contribution < 1.29 is 4.79 Å². The topological polar surface area (TPSA) is 72.9 Å². The lowest BCUT2D eigenvalue weighted by atomic mass is 10.3. The molecule has 0 radical (unpaired) electrons. The molecule has 1 heterocycles. The lowest BCUT2D eigenvalue weighted by Crippen LogP contribution is -2.33. The average Bonchev–Trinajstić information content (AvgIpc) is 2.36. The molecule has 0 unspecified atom stereocenters. The van der Waals surface area contributed by atoms with E-state index in [1.54, 1.807) is 30.9 Å². The van der Waals surface area contributed by atoms with Crippen LogP contribution in [0.3, 0.4) is 0 Å². The number of hydrogen-bond acceptors (Lipinski definition) is 3. The summed E-state index contributed by atoms with van der Waals surface area (Å²) in [6.45, 7) is 1.62. The molecule has 12 heavy (non-hydrogen) atoms. The number of aryl methyl sites for hydroxylation is 1. The number of nitrogens with two attached hydrogens (primary N) is 1. The summed E-state index contributed by atoms with van der Waals surface area (Å²) in [6, 6.07) is -0.512.